The molecule has 2 aliphatic rings. The van der Waals surface area contributed by atoms with Crippen molar-refractivity contribution < 1.29 is 38.8 Å². The second kappa shape index (κ2) is 6.70. The minimum Gasteiger partial charge on any atom is -0.507 e. The molecule has 0 radical (unpaired) electrons. The number of ketones is 2. The van der Waals surface area contributed by atoms with Gasteiger partial charge >= 0.3 is 5.97 Å². The average molecular weight is 388 g/mol. The third-order valence-corrected chi connectivity index (χ3v) is 4.87. The number of carboxylic acids is 1. The molecule has 1 aromatic carbocycles. The summed E-state index contributed by atoms with van der Waals surface area (Å²) < 4.78 is 16.7. The van der Waals surface area contributed by atoms with Crippen LogP contribution in [-0.2, 0) is 15.0 Å². The van der Waals surface area contributed by atoms with E-state index in [1.165, 1.54) is 33.1 Å². The number of Topliss-reactive ketones (excluding diaryl/α,β-unsaturated/α-hetero) is 2. The predicted molar refractivity (Wildman–Crippen MR) is 97.1 cm³/mol. The van der Waals surface area contributed by atoms with Crippen molar-refractivity contribution in [2.75, 3.05) is 13.7 Å². The quantitative estimate of drug-likeness (QED) is 0.714. The van der Waals surface area contributed by atoms with E-state index in [4.69, 9.17) is 14.2 Å². The number of carboxylic acid groups (broad SMARTS) is 1. The largest absolute Gasteiger partial charge is 0.507 e. The molecule has 3 rings (SSSR count). The number of fused-ring (bicyclic) bond motifs is 3. The third-order valence-electron chi connectivity index (χ3n) is 4.87. The molecule has 28 heavy (non-hydrogen) atoms. The van der Waals surface area contributed by atoms with Gasteiger partial charge in [-0.2, -0.15) is 0 Å². The number of allylic oxidation sites excluding steroid dienone is 3. The number of aromatic carboxylic acids is 1. The van der Waals surface area contributed by atoms with Crippen molar-refractivity contribution in [2.45, 2.75) is 32.6 Å². The highest BCUT2D eigenvalue weighted by atomic mass is 16.5. The maximum absolute atomic E-state index is 13.2. The Morgan fingerprint density at radius 1 is 1.29 bits per heavy atom. The van der Waals surface area contributed by atoms with Crippen LogP contribution < -0.4 is 14.2 Å². The Morgan fingerprint density at radius 3 is 2.50 bits per heavy atom. The van der Waals surface area contributed by atoms with Gasteiger partial charge in [0.15, 0.2) is 17.3 Å². The summed E-state index contributed by atoms with van der Waals surface area (Å²) >= 11 is 0. The van der Waals surface area contributed by atoms with Crippen LogP contribution in [0.1, 0.15) is 43.1 Å². The molecule has 0 unspecified atom stereocenters. The molecule has 0 saturated heterocycles. The molecule has 8 heteroatoms. The Balaban J connectivity index is 2.35. The van der Waals surface area contributed by atoms with Crippen molar-refractivity contribution in [3.05, 3.63) is 40.4 Å². The molecule has 0 spiro atoms. The Kier molecular flexibility index (Phi) is 4.66. The number of aliphatic hydroxyl groups excluding tert-OH is 1. The Labute approximate surface area is 161 Å². The van der Waals surface area contributed by atoms with Gasteiger partial charge < -0.3 is 24.4 Å². The van der Waals surface area contributed by atoms with E-state index in [1.54, 1.807) is 0 Å². The second-order valence-corrected chi connectivity index (χ2v) is 6.69. The van der Waals surface area contributed by atoms with Crippen molar-refractivity contribution in [2.24, 2.45) is 0 Å². The number of hydrogen-bond acceptors (Lipinski definition) is 7. The number of carbonyl (C=O) groups is 3. The zero-order chi connectivity index (χ0) is 20.8. The van der Waals surface area contributed by atoms with Gasteiger partial charge in [-0.15, -0.1) is 0 Å². The normalized spacial score (nSPS) is 20.1. The highest BCUT2D eigenvalue weighted by molar-refractivity contribution is 6.25. The van der Waals surface area contributed by atoms with Gasteiger partial charge in [-0.25, -0.2) is 4.79 Å². The van der Waals surface area contributed by atoms with E-state index in [0.29, 0.717) is 13.0 Å². The maximum atomic E-state index is 13.2. The standard InChI is InChI=1S/C20H20O8/c1-5-6-27-12-8-11(26-4)15(19(24)25)17-16(12)20(3)13(28-17)7-10(22)14(9(2)21)18(20)23/h7-8,22H,5-6H2,1-4H3,(H,24,25)/t20-/m1/s1. The first kappa shape index (κ1) is 19.5. The van der Waals surface area contributed by atoms with Crippen LogP contribution in [-0.4, -0.2) is 41.5 Å². The first-order chi connectivity index (χ1) is 13.2. The van der Waals surface area contributed by atoms with Gasteiger partial charge in [0.1, 0.15) is 39.6 Å². The SMILES string of the molecule is CCCOc1cc(OC)c(C(=O)O)c2c1[C@]1(C)C(=O)C(C(C)=O)=C(O)C=C1O2. The fraction of sp³-hybridized carbons (Fsp3) is 0.350. The van der Waals surface area contributed by atoms with E-state index in [0.717, 1.165) is 0 Å². The number of hydrogen-bond donors (Lipinski definition) is 2. The molecule has 0 bridgehead atoms. The summed E-state index contributed by atoms with van der Waals surface area (Å²) in [6.07, 6.45) is 1.84. The lowest BCUT2D eigenvalue weighted by molar-refractivity contribution is -0.123. The molecule has 0 aromatic heterocycles. The van der Waals surface area contributed by atoms with E-state index in [1.807, 2.05) is 6.92 Å². The number of rotatable bonds is 6. The molecule has 148 valence electrons. The van der Waals surface area contributed by atoms with E-state index < -0.39 is 28.7 Å². The summed E-state index contributed by atoms with van der Waals surface area (Å²) in [5, 5.41) is 19.8. The summed E-state index contributed by atoms with van der Waals surface area (Å²) in [4.78, 5) is 37.0. The first-order valence-electron chi connectivity index (χ1n) is 8.68. The molecule has 1 aliphatic carbocycles. The van der Waals surface area contributed by atoms with Gasteiger partial charge in [-0.3, -0.25) is 9.59 Å². The lowest BCUT2D eigenvalue weighted by atomic mass is 9.71. The molecule has 1 aromatic rings. The van der Waals surface area contributed by atoms with Crippen LogP contribution in [0.4, 0.5) is 0 Å². The van der Waals surface area contributed by atoms with Crippen LogP contribution >= 0.6 is 0 Å². The van der Waals surface area contributed by atoms with Crippen LogP contribution in [0.5, 0.6) is 17.2 Å². The lowest BCUT2D eigenvalue weighted by Gasteiger charge is -2.28. The van der Waals surface area contributed by atoms with Gasteiger partial charge in [-0.05, 0) is 20.3 Å². The predicted octanol–water partition coefficient (Wildman–Crippen LogP) is 2.70. The smallest absolute Gasteiger partial charge is 0.343 e. The first-order valence-corrected chi connectivity index (χ1v) is 8.68. The van der Waals surface area contributed by atoms with Crippen LogP contribution in [0.2, 0.25) is 0 Å². The summed E-state index contributed by atoms with van der Waals surface area (Å²) in [6.45, 7) is 4.89. The van der Waals surface area contributed by atoms with Crippen LogP contribution in [0.25, 0.3) is 0 Å². The molecule has 1 aliphatic heterocycles. The minimum atomic E-state index is -1.51. The Bertz CT molecular complexity index is 969. The zero-order valence-corrected chi connectivity index (χ0v) is 15.9. The Morgan fingerprint density at radius 2 is 1.96 bits per heavy atom. The molecular formula is C20H20O8. The van der Waals surface area contributed by atoms with Crippen LogP contribution in [0, 0.1) is 0 Å². The van der Waals surface area contributed by atoms with Gasteiger partial charge in [-0.1, -0.05) is 6.92 Å². The molecule has 2 N–H and O–H groups in total. The molecule has 0 amide bonds. The zero-order valence-electron chi connectivity index (χ0n) is 15.9. The van der Waals surface area contributed by atoms with Crippen molar-refractivity contribution in [3.8, 4) is 17.2 Å². The average Bonchev–Trinajstić information content (AvgIpc) is 2.92. The number of methoxy groups -OCH3 is 1. The fourth-order valence-electron chi connectivity index (χ4n) is 3.51. The summed E-state index contributed by atoms with van der Waals surface area (Å²) in [7, 11) is 1.31. The van der Waals surface area contributed by atoms with Crippen LogP contribution in [0.15, 0.2) is 29.2 Å². The molecular weight excluding hydrogens is 368 g/mol. The summed E-state index contributed by atoms with van der Waals surface area (Å²) in [5.41, 5.74) is -1.95. The number of aliphatic hydroxyl groups is 1. The van der Waals surface area contributed by atoms with Gasteiger partial charge in [0.25, 0.3) is 0 Å². The molecule has 0 fully saturated rings. The molecule has 1 heterocycles. The van der Waals surface area contributed by atoms with Gasteiger partial charge in [0.05, 0.1) is 19.3 Å². The number of carbonyl (C=O) groups excluding carboxylic acids is 2. The summed E-state index contributed by atoms with van der Waals surface area (Å²) in [5.74, 6) is -2.96. The summed E-state index contributed by atoms with van der Waals surface area (Å²) in [6, 6.07) is 1.40. The van der Waals surface area contributed by atoms with E-state index in [9.17, 15) is 24.6 Å². The molecule has 1 atom stereocenters. The van der Waals surface area contributed by atoms with Gasteiger partial charge in [0, 0.05) is 12.1 Å². The van der Waals surface area contributed by atoms with E-state index >= 15 is 0 Å². The monoisotopic (exact) mass is 388 g/mol. The van der Waals surface area contributed by atoms with Crippen molar-refractivity contribution in [1.82, 2.24) is 0 Å². The molecule has 8 nitrogen and oxygen atoms in total. The highest BCUT2D eigenvalue weighted by Gasteiger charge is 2.55. The third kappa shape index (κ3) is 2.56. The van der Waals surface area contributed by atoms with Crippen molar-refractivity contribution >= 4 is 17.5 Å². The number of ether oxygens (including phenoxy) is 3. The Hall–Kier alpha value is -3.29. The topological polar surface area (TPSA) is 119 Å². The van der Waals surface area contributed by atoms with Gasteiger partial charge in [0.2, 0.25) is 0 Å². The number of benzene rings is 1. The second-order valence-electron chi connectivity index (χ2n) is 6.69. The molecule has 0 saturated carbocycles. The van der Waals surface area contributed by atoms with Crippen molar-refractivity contribution in [1.29, 1.82) is 0 Å². The van der Waals surface area contributed by atoms with Crippen LogP contribution in [0.3, 0.4) is 0 Å². The van der Waals surface area contributed by atoms with Crippen molar-refractivity contribution in [3.63, 3.8) is 0 Å². The minimum absolute atomic E-state index is 0.0108. The van der Waals surface area contributed by atoms with E-state index in [2.05, 4.69) is 0 Å². The van der Waals surface area contributed by atoms with E-state index in [-0.39, 0.29) is 39.7 Å². The lowest BCUT2D eigenvalue weighted by Crippen LogP contribution is -2.39. The fourth-order valence-corrected chi connectivity index (χ4v) is 3.51. The maximum Gasteiger partial charge on any atom is 0.343 e. The highest BCUT2D eigenvalue weighted by Crippen LogP contribution is 2.56.